The lowest BCUT2D eigenvalue weighted by Gasteiger charge is -2.38. The third kappa shape index (κ3) is 2.43. The summed E-state index contributed by atoms with van der Waals surface area (Å²) in [6, 6.07) is 6.12. The van der Waals surface area contributed by atoms with E-state index in [0.29, 0.717) is 6.42 Å². The minimum Gasteiger partial charge on any atom is -0.453 e. The molecule has 1 unspecified atom stereocenters. The number of halogens is 2. The predicted molar refractivity (Wildman–Crippen MR) is 87.6 cm³/mol. The molecule has 0 bridgehead atoms. The van der Waals surface area contributed by atoms with Crippen LogP contribution in [0.5, 0.6) is 5.75 Å². The maximum atomic E-state index is 10.4. The van der Waals surface area contributed by atoms with Crippen molar-refractivity contribution in [1.29, 1.82) is 0 Å². The van der Waals surface area contributed by atoms with Gasteiger partial charge in [0.15, 0.2) is 5.75 Å². The van der Waals surface area contributed by atoms with Gasteiger partial charge in [0, 0.05) is 22.8 Å². The highest BCUT2D eigenvalue weighted by Crippen LogP contribution is 2.42. The van der Waals surface area contributed by atoms with Crippen molar-refractivity contribution in [2.75, 3.05) is 16.8 Å². The van der Waals surface area contributed by atoms with Crippen LogP contribution >= 0.6 is 31.9 Å². The van der Waals surface area contributed by atoms with E-state index >= 15 is 0 Å². The summed E-state index contributed by atoms with van der Waals surface area (Å²) in [6.07, 6.45) is 1.99. The molecule has 1 aromatic rings. The zero-order valence-corrected chi connectivity index (χ0v) is 14.2. The van der Waals surface area contributed by atoms with Gasteiger partial charge in [0.1, 0.15) is 11.9 Å². The molecular weight excluding hydrogens is 386 g/mol. The number of anilines is 1. The maximum absolute atomic E-state index is 10.4. The van der Waals surface area contributed by atoms with Crippen LogP contribution in [0.2, 0.25) is 0 Å². The summed E-state index contributed by atoms with van der Waals surface area (Å²) in [5, 5.41) is 11.2. The molecule has 1 heterocycles. The van der Waals surface area contributed by atoms with Gasteiger partial charge in [-0.05, 0) is 30.7 Å². The van der Waals surface area contributed by atoms with Crippen LogP contribution in [0, 0.1) is 6.92 Å². The fourth-order valence-electron chi connectivity index (χ4n) is 2.61. The smallest absolute Gasteiger partial charge is 0.151 e. The number of hydrogen-bond donors (Lipinski definition) is 1. The summed E-state index contributed by atoms with van der Waals surface area (Å²) in [4.78, 5) is 2.15. The monoisotopic (exact) mass is 399 g/mol. The van der Waals surface area contributed by atoms with Crippen LogP contribution in [0.15, 0.2) is 40.2 Å². The van der Waals surface area contributed by atoms with Crippen LogP contribution in [-0.4, -0.2) is 23.1 Å². The second kappa shape index (κ2) is 5.54. The van der Waals surface area contributed by atoms with Gasteiger partial charge in [0.05, 0.1) is 11.4 Å². The number of aliphatic hydroxyl groups is 1. The number of alkyl halides is 1. The number of hydrogen-bond acceptors (Lipinski definition) is 3. The Morgan fingerprint density at radius 1 is 1.45 bits per heavy atom. The van der Waals surface area contributed by atoms with E-state index in [1.54, 1.807) is 0 Å². The Labute approximate surface area is 135 Å². The Morgan fingerprint density at radius 3 is 3.00 bits per heavy atom. The van der Waals surface area contributed by atoms with E-state index in [9.17, 15) is 5.11 Å². The van der Waals surface area contributed by atoms with Gasteiger partial charge in [0.2, 0.25) is 0 Å². The van der Waals surface area contributed by atoms with E-state index in [4.69, 9.17) is 4.74 Å². The highest BCUT2D eigenvalue weighted by Gasteiger charge is 2.33. The van der Waals surface area contributed by atoms with Crippen molar-refractivity contribution in [2.24, 2.45) is 0 Å². The number of aryl methyl sites for hydroxylation is 1. The molecule has 0 saturated carbocycles. The first kappa shape index (κ1) is 14.2. The van der Waals surface area contributed by atoms with Crippen molar-refractivity contribution in [1.82, 2.24) is 0 Å². The minimum atomic E-state index is -0.544. The molecule has 0 amide bonds. The average Bonchev–Trinajstić information content (AvgIpc) is 2.38. The molecule has 5 heteroatoms. The molecule has 0 saturated heterocycles. The lowest BCUT2D eigenvalue weighted by molar-refractivity contribution is 0.198. The number of ether oxygens (including phenoxy) is 1. The molecule has 2 aliphatic rings. The summed E-state index contributed by atoms with van der Waals surface area (Å²) in [7, 11) is 0. The molecule has 106 valence electrons. The normalized spacial score (nSPS) is 21.1. The van der Waals surface area contributed by atoms with Crippen LogP contribution in [0.1, 0.15) is 12.0 Å². The highest BCUT2D eigenvalue weighted by atomic mass is 79.9. The molecule has 1 atom stereocenters. The van der Waals surface area contributed by atoms with Crippen LogP contribution in [0.4, 0.5) is 5.69 Å². The quantitative estimate of drug-likeness (QED) is 0.765. The summed E-state index contributed by atoms with van der Waals surface area (Å²) in [6.45, 7) is 2.85. The average molecular weight is 401 g/mol. The van der Waals surface area contributed by atoms with Gasteiger partial charge in [-0.2, -0.15) is 0 Å². The van der Waals surface area contributed by atoms with Crippen molar-refractivity contribution in [2.45, 2.75) is 19.4 Å². The summed E-state index contributed by atoms with van der Waals surface area (Å²) in [5.41, 5.74) is 3.05. The Morgan fingerprint density at radius 2 is 2.25 bits per heavy atom. The van der Waals surface area contributed by atoms with Crippen molar-refractivity contribution in [3.8, 4) is 5.75 Å². The summed E-state index contributed by atoms with van der Waals surface area (Å²) < 4.78 is 6.92. The van der Waals surface area contributed by atoms with Gasteiger partial charge in [-0.15, -0.1) is 0 Å². The SMILES string of the molecule is Cc1ccc2c(c1)N(CCBr)C1=C(C=C(Br)CC1O)O2. The number of aliphatic hydroxyl groups excluding tert-OH is 1. The van der Waals surface area contributed by atoms with E-state index in [1.807, 2.05) is 18.2 Å². The van der Waals surface area contributed by atoms with Gasteiger partial charge < -0.3 is 14.7 Å². The molecule has 3 nitrogen and oxygen atoms in total. The standard InChI is InChI=1S/C15H15Br2NO2/c1-9-2-3-13-11(6-9)18(5-4-16)15-12(19)7-10(17)8-14(15)20-13/h2-3,6,8,12,19H,4-5,7H2,1H3. The molecule has 1 aliphatic carbocycles. The van der Waals surface area contributed by atoms with E-state index < -0.39 is 6.10 Å². The van der Waals surface area contributed by atoms with Crippen LogP contribution in [0.25, 0.3) is 0 Å². The fraction of sp³-hybridized carbons (Fsp3) is 0.333. The van der Waals surface area contributed by atoms with Crippen LogP contribution in [-0.2, 0) is 0 Å². The van der Waals surface area contributed by atoms with E-state index in [-0.39, 0.29) is 0 Å². The largest absolute Gasteiger partial charge is 0.453 e. The molecule has 3 rings (SSSR count). The second-order valence-electron chi connectivity index (χ2n) is 4.97. The Kier molecular flexibility index (Phi) is 3.93. The summed E-state index contributed by atoms with van der Waals surface area (Å²) in [5.74, 6) is 1.56. The van der Waals surface area contributed by atoms with Crippen molar-refractivity contribution >= 4 is 37.5 Å². The maximum Gasteiger partial charge on any atom is 0.151 e. The Balaban J connectivity index is 2.13. The van der Waals surface area contributed by atoms with Gasteiger partial charge in [-0.3, -0.25) is 0 Å². The van der Waals surface area contributed by atoms with Crippen molar-refractivity contribution < 1.29 is 9.84 Å². The lowest BCUT2D eigenvalue weighted by Crippen LogP contribution is -2.37. The first-order chi connectivity index (χ1) is 9.60. The van der Waals surface area contributed by atoms with Gasteiger partial charge >= 0.3 is 0 Å². The van der Waals surface area contributed by atoms with E-state index in [2.05, 4.69) is 49.7 Å². The lowest BCUT2D eigenvalue weighted by atomic mass is 10.0. The number of benzene rings is 1. The van der Waals surface area contributed by atoms with Crippen LogP contribution < -0.4 is 9.64 Å². The Hall–Kier alpha value is -0.780. The molecule has 1 aromatic carbocycles. The zero-order chi connectivity index (χ0) is 14.3. The summed E-state index contributed by atoms with van der Waals surface area (Å²) >= 11 is 6.95. The topological polar surface area (TPSA) is 32.7 Å². The van der Waals surface area contributed by atoms with Gasteiger partial charge in [-0.25, -0.2) is 0 Å². The van der Waals surface area contributed by atoms with Gasteiger partial charge in [0.25, 0.3) is 0 Å². The third-order valence-electron chi connectivity index (χ3n) is 3.47. The third-order valence-corrected chi connectivity index (χ3v) is 4.38. The van der Waals surface area contributed by atoms with Crippen molar-refractivity contribution in [3.05, 3.63) is 45.8 Å². The minimum absolute atomic E-state index is 0.544. The predicted octanol–water partition coefficient (Wildman–Crippen LogP) is 3.84. The van der Waals surface area contributed by atoms with Gasteiger partial charge in [-0.1, -0.05) is 37.9 Å². The molecule has 20 heavy (non-hydrogen) atoms. The molecule has 0 spiro atoms. The highest BCUT2D eigenvalue weighted by molar-refractivity contribution is 9.11. The Bertz CT molecular complexity index is 610. The molecule has 0 radical (unpaired) electrons. The molecular formula is C15H15Br2NO2. The number of rotatable bonds is 2. The number of allylic oxidation sites excluding steroid dienone is 1. The van der Waals surface area contributed by atoms with Crippen LogP contribution in [0.3, 0.4) is 0 Å². The van der Waals surface area contributed by atoms with E-state index in [1.165, 1.54) is 5.56 Å². The zero-order valence-electron chi connectivity index (χ0n) is 11.1. The molecule has 1 N–H and O–H groups in total. The molecule has 0 aromatic heterocycles. The molecule has 0 fully saturated rings. The van der Waals surface area contributed by atoms with Crippen molar-refractivity contribution in [3.63, 3.8) is 0 Å². The van der Waals surface area contributed by atoms with E-state index in [0.717, 1.165) is 39.3 Å². The number of nitrogens with zero attached hydrogens (tertiary/aromatic N) is 1. The fourth-order valence-corrected chi connectivity index (χ4v) is 3.48. The second-order valence-corrected chi connectivity index (χ2v) is 6.79. The first-order valence-corrected chi connectivity index (χ1v) is 8.42. The number of fused-ring (bicyclic) bond motifs is 1. The first-order valence-electron chi connectivity index (χ1n) is 6.50. The molecule has 1 aliphatic heterocycles.